The molecular weight excluding hydrogens is 662 g/mol. The fourth-order valence-electron chi connectivity index (χ4n) is 4.43. The summed E-state index contributed by atoms with van der Waals surface area (Å²) in [6.45, 7) is 5.68. The number of hydrogen-bond donors (Lipinski definition) is 0. The third kappa shape index (κ3) is 6.83. The maximum Gasteiger partial charge on any atom is 0.344 e. The lowest BCUT2D eigenvalue weighted by Gasteiger charge is -2.23. The van der Waals surface area contributed by atoms with Crippen LogP contribution in [-0.2, 0) is 19.1 Å². The Morgan fingerprint density at radius 1 is 1.09 bits per heavy atom. The van der Waals surface area contributed by atoms with Crippen molar-refractivity contribution >= 4 is 51.0 Å². The van der Waals surface area contributed by atoms with Gasteiger partial charge in [-0.1, -0.05) is 17.4 Å². The van der Waals surface area contributed by atoms with Crippen LogP contribution in [0.3, 0.4) is 0 Å². The molecular formula is C29H28BrN3O10S. The second-order valence-electron chi connectivity index (χ2n) is 8.95. The molecule has 1 aromatic heterocycles. The fraction of sp³-hybridized carbons (Fsp3) is 0.310. The molecule has 0 N–H and O–H groups in total. The van der Waals surface area contributed by atoms with E-state index in [9.17, 15) is 24.5 Å². The van der Waals surface area contributed by atoms with Crippen LogP contribution < -0.4 is 29.1 Å². The predicted molar refractivity (Wildman–Crippen MR) is 163 cm³/mol. The first-order chi connectivity index (χ1) is 21.1. The second-order valence-corrected chi connectivity index (χ2v) is 10.8. The van der Waals surface area contributed by atoms with Crippen LogP contribution in [-0.4, -0.2) is 55.0 Å². The van der Waals surface area contributed by atoms with Gasteiger partial charge in [0.25, 0.3) is 5.56 Å². The van der Waals surface area contributed by atoms with Gasteiger partial charge in [-0.3, -0.25) is 19.5 Å². The van der Waals surface area contributed by atoms with Crippen LogP contribution >= 0.6 is 27.3 Å². The van der Waals surface area contributed by atoms with Crippen molar-refractivity contribution in [1.82, 2.24) is 4.57 Å². The molecule has 0 unspecified atom stereocenters. The third-order valence-electron chi connectivity index (χ3n) is 6.19. The number of rotatable bonds is 12. The smallest absolute Gasteiger partial charge is 0.344 e. The van der Waals surface area contributed by atoms with E-state index in [0.717, 1.165) is 11.3 Å². The minimum atomic E-state index is -0.907. The lowest BCUT2D eigenvalue weighted by Crippen LogP contribution is -2.39. The summed E-state index contributed by atoms with van der Waals surface area (Å²) in [5.41, 5.74) is 0.0749. The number of hydrogen-bond acceptors (Lipinski definition) is 12. The van der Waals surface area contributed by atoms with Gasteiger partial charge in [0.2, 0.25) is 5.75 Å². The van der Waals surface area contributed by atoms with Crippen LogP contribution in [0, 0.1) is 10.1 Å². The zero-order valence-corrected chi connectivity index (χ0v) is 26.6. The number of benzene rings is 2. The van der Waals surface area contributed by atoms with Crippen molar-refractivity contribution in [3.63, 3.8) is 0 Å². The molecule has 44 heavy (non-hydrogen) atoms. The Labute approximate surface area is 263 Å². The number of nitro groups is 1. The molecule has 13 nitrogen and oxygen atoms in total. The number of fused-ring (bicyclic) bond motifs is 1. The molecule has 0 amide bonds. The van der Waals surface area contributed by atoms with Crippen LogP contribution in [0.15, 0.2) is 56.4 Å². The summed E-state index contributed by atoms with van der Waals surface area (Å²) in [5.74, 6) is -0.558. The highest BCUT2D eigenvalue weighted by Crippen LogP contribution is 2.37. The SMILES string of the molecule is CCOC(=O)COc1c(Br)cc(/C=c2/sc3n(c2=O)[C@H](c2ccc(OCC)c(OCC)c2)C(C(=O)OC)=CN=3)cc1[N+](=O)[O-]. The molecule has 4 rings (SSSR count). The van der Waals surface area contributed by atoms with Gasteiger partial charge in [-0.2, -0.15) is 0 Å². The van der Waals surface area contributed by atoms with Crippen molar-refractivity contribution in [3.05, 3.63) is 87.5 Å². The first-order valence-corrected chi connectivity index (χ1v) is 15.0. The summed E-state index contributed by atoms with van der Waals surface area (Å²) < 4.78 is 28.4. The quantitative estimate of drug-likeness (QED) is 0.157. The van der Waals surface area contributed by atoms with E-state index in [4.69, 9.17) is 23.7 Å². The average molecular weight is 691 g/mol. The number of ether oxygens (including phenoxy) is 5. The number of nitrogens with zero attached hydrogens (tertiary/aromatic N) is 3. The van der Waals surface area contributed by atoms with E-state index in [0.29, 0.717) is 40.6 Å². The van der Waals surface area contributed by atoms with E-state index in [1.807, 2.05) is 13.8 Å². The highest BCUT2D eigenvalue weighted by atomic mass is 79.9. The number of esters is 2. The number of thiazole rings is 1. The van der Waals surface area contributed by atoms with Crippen molar-refractivity contribution in [2.24, 2.45) is 4.99 Å². The lowest BCUT2D eigenvalue weighted by molar-refractivity contribution is -0.385. The van der Waals surface area contributed by atoms with Gasteiger partial charge in [-0.15, -0.1) is 0 Å². The van der Waals surface area contributed by atoms with Crippen LogP contribution in [0.1, 0.15) is 37.9 Å². The Kier molecular flexibility index (Phi) is 10.5. The summed E-state index contributed by atoms with van der Waals surface area (Å²) in [4.78, 5) is 54.3. The molecule has 2 heterocycles. The zero-order chi connectivity index (χ0) is 32.0. The Hall–Kier alpha value is -4.50. The Morgan fingerprint density at radius 2 is 1.82 bits per heavy atom. The molecule has 0 fully saturated rings. The monoisotopic (exact) mass is 689 g/mol. The number of halogens is 1. The molecule has 2 aromatic carbocycles. The van der Waals surface area contributed by atoms with Gasteiger partial charge in [0.05, 0.1) is 52.5 Å². The van der Waals surface area contributed by atoms with Crippen molar-refractivity contribution in [2.75, 3.05) is 33.5 Å². The van der Waals surface area contributed by atoms with Gasteiger partial charge in [0.15, 0.2) is 22.9 Å². The van der Waals surface area contributed by atoms with Gasteiger partial charge in [0.1, 0.15) is 0 Å². The van der Waals surface area contributed by atoms with E-state index >= 15 is 0 Å². The number of nitro benzene ring substituents is 1. The second kappa shape index (κ2) is 14.3. The highest BCUT2D eigenvalue weighted by molar-refractivity contribution is 9.10. The molecule has 232 valence electrons. The minimum absolute atomic E-state index is 0.125. The van der Waals surface area contributed by atoms with Crippen molar-refractivity contribution in [1.29, 1.82) is 0 Å². The molecule has 1 atom stereocenters. The first-order valence-electron chi connectivity index (χ1n) is 13.4. The predicted octanol–water partition coefficient (Wildman–Crippen LogP) is 3.43. The van der Waals surface area contributed by atoms with Gasteiger partial charge in [-0.25, -0.2) is 14.6 Å². The molecule has 0 saturated carbocycles. The summed E-state index contributed by atoms with van der Waals surface area (Å²) in [7, 11) is 1.24. The van der Waals surface area contributed by atoms with E-state index in [1.54, 1.807) is 25.1 Å². The molecule has 1 aliphatic heterocycles. The van der Waals surface area contributed by atoms with Gasteiger partial charge >= 0.3 is 17.6 Å². The largest absolute Gasteiger partial charge is 0.490 e. The Bertz CT molecular complexity index is 1810. The summed E-state index contributed by atoms with van der Waals surface area (Å²) in [6, 6.07) is 6.97. The lowest BCUT2D eigenvalue weighted by atomic mass is 9.97. The number of carbonyl (C=O) groups is 2. The van der Waals surface area contributed by atoms with Gasteiger partial charge in [-0.05, 0) is 72.1 Å². The fourth-order valence-corrected chi connectivity index (χ4v) is 5.98. The van der Waals surface area contributed by atoms with E-state index in [-0.39, 0.29) is 26.9 Å². The van der Waals surface area contributed by atoms with Crippen molar-refractivity contribution in [2.45, 2.75) is 26.8 Å². The normalized spacial score (nSPS) is 14.2. The van der Waals surface area contributed by atoms with E-state index < -0.39 is 40.8 Å². The van der Waals surface area contributed by atoms with Crippen molar-refractivity contribution in [3.8, 4) is 17.2 Å². The van der Waals surface area contributed by atoms with Crippen molar-refractivity contribution < 1.29 is 38.2 Å². The minimum Gasteiger partial charge on any atom is -0.490 e. The number of aromatic nitrogens is 1. The van der Waals surface area contributed by atoms with Crippen LogP contribution in [0.25, 0.3) is 6.08 Å². The number of methoxy groups -OCH3 is 1. The summed E-state index contributed by atoms with van der Waals surface area (Å²) in [5, 5.41) is 11.9. The molecule has 0 bridgehead atoms. The van der Waals surface area contributed by atoms with Crippen LogP contribution in [0.4, 0.5) is 5.69 Å². The molecule has 0 spiro atoms. The number of carbonyl (C=O) groups excluding carboxylic acids is 2. The molecule has 3 aromatic rings. The maximum absolute atomic E-state index is 13.9. The topological polar surface area (TPSA) is 158 Å². The van der Waals surface area contributed by atoms with Crippen LogP contribution in [0.5, 0.6) is 17.2 Å². The standard InChI is InChI=1S/C29H28BrN3O10S/c1-5-40-21-9-8-17(13-22(21)41-6-2)25-18(28(36)39-4)14-31-29-32(25)27(35)23(44-29)12-16-10-19(30)26(20(11-16)33(37)38)43-15-24(34)42-7-3/h8-14,25H,5-7,15H2,1-4H3/b23-12+/t25-/m1/s1. The molecule has 1 aliphatic rings. The van der Waals surface area contributed by atoms with Gasteiger partial charge in [0, 0.05) is 12.3 Å². The molecule has 15 heteroatoms. The maximum atomic E-state index is 13.9. The Balaban J connectivity index is 1.84. The summed E-state index contributed by atoms with van der Waals surface area (Å²) >= 11 is 4.31. The zero-order valence-electron chi connectivity index (χ0n) is 24.2. The first kappa shape index (κ1) is 32.4. The Morgan fingerprint density at radius 3 is 2.48 bits per heavy atom. The van der Waals surface area contributed by atoms with Crippen LogP contribution in [0.2, 0.25) is 0 Å². The van der Waals surface area contributed by atoms with E-state index in [1.165, 1.54) is 36.1 Å². The molecule has 0 aliphatic carbocycles. The summed E-state index contributed by atoms with van der Waals surface area (Å²) in [6.07, 6.45) is 2.83. The van der Waals surface area contributed by atoms with E-state index in [2.05, 4.69) is 20.9 Å². The molecule has 0 saturated heterocycles. The average Bonchev–Trinajstić information content (AvgIpc) is 3.31. The highest BCUT2D eigenvalue weighted by Gasteiger charge is 2.31. The molecule has 0 radical (unpaired) electrons. The third-order valence-corrected chi connectivity index (χ3v) is 7.77. The van der Waals surface area contributed by atoms with Gasteiger partial charge < -0.3 is 23.7 Å².